The maximum absolute atomic E-state index is 11.1. The van der Waals surface area contributed by atoms with E-state index in [0.29, 0.717) is 11.7 Å². The minimum atomic E-state index is -0.944. The molecule has 0 amide bonds. The summed E-state index contributed by atoms with van der Waals surface area (Å²) in [5.41, 5.74) is 4.00. The molecule has 26 heavy (non-hydrogen) atoms. The molecule has 2 aromatic heterocycles. The molecule has 0 aliphatic carbocycles. The van der Waals surface area contributed by atoms with Crippen LogP contribution in [0.25, 0.3) is 17.0 Å². The van der Waals surface area contributed by atoms with Crippen molar-refractivity contribution < 1.29 is 14.3 Å². The second-order valence-corrected chi connectivity index (χ2v) is 7.79. The Hall–Kier alpha value is -2.82. The number of carboxylic acid groups (broad SMARTS) is 1. The summed E-state index contributed by atoms with van der Waals surface area (Å²) in [6.07, 6.45) is 1.64. The maximum Gasteiger partial charge on any atom is 0.335 e. The number of furan rings is 1. The van der Waals surface area contributed by atoms with Gasteiger partial charge in [-0.05, 0) is 24.1 Å². The molecule has 0 fully saturated rings. The molecular weight excluding hydrogens is 328 g/mol. The highest BCUT2D eigenvalue weighted by Crippen LogP contribution is 2.33. The fraction of sp³-hybridized carbons (Fsp3) is 0.333. The lowest BCUT2D eigenvalue weighted by Crippen LogP contribution is -2.12. The zero-order valence-corrected chi connectivity index (χ0v) is 15.8. The number of aromatic nitrogens is 2. The summed E-state index contributed by atoms with van der Waals surface area (Å²) in [6, 6.07) is 10.7. The number of nitrogens with zero attached hydrogens (tertiary/aromatic N) is 2. The topological polar surface area (TPSA) is 68.3 Å². The molecule has 1 aromatic carbocycles. The van der Waals surface area contributed by atoms with Crippen LogP contribution in [-0.2, 0) is 5.41 Å². The van der Waals surface area contributed by atoms with Gasteiger partial charge in [-0.15, -0.1) is 0 Å². The van der Waals surface area contributed by atoms with Crippen molar-refractivity contribution in [1.82, 2.24) is 9.78 Å². The van der Waals surface area contributed by atoms with E-state index in [1.807, 2.05) is 10.7 Å². The average Bonchev–Trinajstić information content (AvgIpc) is 3.21. The summed E-state index contributed by atoms with van der Waals surface area (Å²) in [4.78, 5) is 11.1. The molecule has 0 aliphatic heterocycles. The van der Waals surface area contributed by atoms with E-state index in [4.69, 9.17) is 14.6 Å². The number of carboxylic acids is 1. The highest BCUT2D eigenvalue weighted by atomic mass is 16.4. The Kier molecular flexibility index (Phi) is 4.48. The first-order chi connectivity index (χ1) is 12.2. The molecule has 0 aliphatic rings. The van der Waals surface area contributed by atoms with Crippen molar-refractivity contribution in [3.8, 4) is 17.0 Å². The Labute approximate surface area is 153 Å². The van der Waals surface area contributed by atoms with Crippen LogP contribution in [0.4, 0.5) is 0 Å². The standard InChI is InChI=1S/C21H24N2O3/c1-13(2)17-12-18(21(3,4)5)22-23(17)16-10-11-26-19(16)14-6-8-15(9-7-14)20(24)25/h6-13H,1-5H3,(H,24,25). The molecule has 0 radical (unpaired) electrons. The highest BCUT2D eigenvalue weighted by Gasteiger charge is 2.23. The molecule has 3 rings (SSSR count). The van der Waals surface area contributed by atoms with Gasteiger partial charge in [0.15, 0.2) is 5.76 Å². The van der Waals surface area contributed by atoms with E-state index >= 15 is 0 Å². The predicted molar refractivity (Wildman–Crippen MR) is 101 cm³/mol. The summed E-state index contributed by atoms with van der Waals surface area (Å²) in [6.45, 7) is 10.7. The third-order valence-corrected chi connectivity index (χ3v) is 4.36. The molecular formula is C21H24N2O3. The van der Waals surface area contributed by atoms with E-state index < -0.39 is 5.97 Å². The molecule has 0 saturated heterocycles. The van der Waals surface area contributed by atoms with Crippen molar-refractivity contribution in [2.24, 2.45) is 0 Å². The van der Waals surface area contributed by atoms with Crippen LogP contribution in [0, 0.1) is 0 Å². The van der Waals surface area contributed by atoms with E-state index in [-0.39, 0.29) is 11.0 Å². The van der Waals surface area contributed by atoms with E-state index in [1.54, 1.807) is 30.5 Å². The van der Waals surface area contributed by atoms with Crippen molar-refractivity contribution in [1.29, 1.82) is 0 Å². The lowest BCUT2D eigenvalue weighted by Gasteiger charge is -2.14. The zero-order valence-electron chi connectivity index (χ0n) is 15.8. The van der Waals surface area contributed by atoms with Crippen molar-refractivity contribution in [2.75, 3.05) is 0 Å². The van der Waals surface area contributed by atoms with Gasteiger partial charge in [-0.25, -0.2) is 9.48 Å². The van der Waals surface area contributed by atoms with E-state index in [2.05, 4.69) is 40.7 Å². The van der Waals surface area contributed by atoms with E-state index in [1.165, 1.54) is 0 Å². The van der Waals surface area contributed by atoms with E-state index in [0.717, 1.165) is 22.6 Å². The third-order valence-electron chi connectivity index (χ3n) is 4.36. The largest absolute Gasteiger partial charge is 0.478 e. The smallest absolute Gasteiger partial charge is 0.335 e. The molecule has 0 saturated carbocycles. The number of rotatable bonds is 4. The second-order valence-electron chi connectivity index (χ2n) is 7.79. The van der Waals surface area contributed by atoms with Crippen LogP contribution in [-0.4, -0.2) is 20.9 Å². The van der Waals surface area contributed by atoms with Gasteiger partial charge in [-0.1, -0.05) is 46.8 Å². The molecule has 3 aromatic rings. The lowest BCUT2D eigenvalue weighted by molar-refractivity contribution is 0.0697. The van der Waals surface area contributed by atoms with E-state index in [9.17, 15) is 4.79 Å². The SMILES string of the molecule is CC(C)c1cc(C(C)(C)C)nn1-c1ccoc1-c1ccc(C(=O)O)cc1. The van der Waals surface area contributed by atoms with Gasteiger partial charge in [0.2, 0.25) is 0 Å². The quantitative estimate of drug-likeness (QED) is 0.696. The number of hydrogen-bond donors (Lipinski definition) is 1. The Morgan fingerprint density at radius 3 is 2.35 bits per heavy atom. The normalized spacial score (nSPS) is 11.9. The number of carbonyl (C=O) groups is 1. The van der Waals surface area contributed by atoms with Crippen LogP contribution in [0.5, 0.6) is 0 Å². The van der Waals surface area contributed by atoms with Crippen LogP contribution in [0.2, 0.25) is 0 Å². The van der Waals surface area contributed by atoms with Gasteiger partial charge in [0.1, 0.15) is 5.69 Å². The molecule has 0 spiro atoms. The van der Waals surface area contributed by atoms with Gasteiger partial charge in [0.25, 0.3) is 0 Å². The number of benzene rings is 1. The summed E-state index contributed by atoms with van der Waals surface area (Å²) >= 11 is 0. The molecule has 0 bridgehead atoms. The van der Waals surface area contributed by atoms with Crippen molar-refractivity contribution in [3.63, 3.8) is 0 Å². The summed E-state index contributed by atoms with van der Waals surface area (Å²) in [7, 11) is 0. The molecule has 2 heterocycles. The fourth-order valence-electron chi connectivity index (χ4n) is 2.82. The fourth-order valence-corrected chi connectivity index (χ4v) is 2.82. The summed E-state index contributed by atoms with van der Waals surface area (Å²) in [5.74, 6) is 0.0309. The Balaban J connectivity index is 2.11. The maximum atomic E-state index is 11.1. The number of hydrogen-bond acceptors (Lipinski definition) is 3. The van der Waals surface area contributed by atoms with Crippen molar-refractivity contribution in [2.45, 2.75) is 46.0 Å². The Bertz CT molecular complexity index is 925. The van der Waals surface area contributed by atoms with Crippen molar-refractivity contribution in [3.05, 3.63) is 59.6 Å². The molecule has 0 atom stereocenters. The van der Waals surface area contributed by atoms with Gasteiger partial charge in [0, 0.05) is 22.7 Å². The Morgan fingerprint density at radius 1 is 1.15 bits per heavy atom. The highest BCUT2D eigenvalue weighted by molar-refractivity contribution is 5.88. The van der Waals surface area contributed by atoms with Gasteiger partial charge in [-0.3, -0.25) is 0 Å². The first kappa shape index (κ1) is 18.0. The molecule has 5 heteroatoms. The van der Waals surface area contributed by atoms with Crippen LogP contribution in [0.15, 0.2) is 47.1 Å². The minimum Gasteiger partial charge on any atom is -0.478 e. The molecule has 136 valence electrons. The number of aromatic carboxylic acids is 1. The monoisotopic (exact) mass is 352 g/mol. The van der Waals surface area contributed by atoms with Gasteiger partial charge in [-0.2, -0.15) is 5.10 Å². The van der Waals surface area contributed by atoms with Crippen LogP contribution in [0.3, 0.4) is 0 Å². The van der Waals surface area contributed by atoms with Gasteiger partial charge >= 0.3 is 5.97 Å². The lowest BCUT2D eigenvalue weighted by atomic mass is 9.91. The van der Waals surface area contributed by atoms with Crippen LogP contribution >= 0.6 is 0 Å². The van der Waals surface area contributed by atoms with Crippen LogP contribution < -0.4 is 0 Å². The minimum absolute atomic E-state index is 0.0536. The third kappa shape index (κ3) is 3.29. The summed E-state index contributed by atoms with van der Waals surface area (Å²) in [5, 5.41) is 13.9. The first-order valence-electron chi connectivity index (χ1n) is 8.70. The van der Waals surface area contributed by atoms with Crippen molar-refractivity contribution >= 4 is 5.97 Å². The molecule has 5 nitrogen and oxygen atoms in total. The predicted octanol–water partition coefficient (Wildman–Crippen LogP) is 5.25. The Morgan fingerprint density at radius 2 is 1.81 bits per heavy atom. The molecule has 1 N–H and O–H groups in total. The summed E-state index contributed by atoms with van der Waals surface area (Å²) < 4.78 is 7.67. The van der Waals surface area contributed by atoms with Crippen LogP contribution in [0.1, 0.15) is 62.3 Å². The molecule has 0 unspecified atom stereocenters. The van der Waals surface area contributed by atoms with Gasteiger partial charge < -0.3 is 9.52 Å². The zero-order chi connectivity index (χ0) is 19.1. The van der Waals surface area contributed by atoms with Gasteiger partial charge in [0.05, 0.1) is 17.5 Å². The average molecular weight is 352 g/mol. The second kappa shape index (κ2) is 6.48. The first-order valence-corrected chi connectivity index (χ1v) is 8.70.